The molecule has 0 aromatic heterocycles. The third-order valence-corrected chi connectivity index (χ3v) is 2.28. The van der Waals surface area contributed by atoms with Crippen LogP contribution in [0.4, 0.5) is 0 Å². The predicted octanol–water partition coefficient (Wildman–Crippen LogP) is 0.563. The van der Waals surface area contributed by atoms with E-state index in [4.69, 9.17) is 5.11 Å². The lowest BCUT2D eigenvalue weighted by molar-refractivity contribution is -0.127. The Morgan fingerprint density at radius 1 is 1.35 bits per heavy atom. The van der Waals surface area contributed by atoms with E-state index in [9.17, 15) is 9.59 Å². The molecular weight excluding hydrogens is 220 g/mol. The van der Waals surface area contributed by atoms with Gasteiger partial charge in [0.15, 0.2) is 0 Å². The second kappa shape index (κ2) is 6.00. The summed E-state index contributed by atoms with van der Waals surface area (Å²) in [6.07, 6.45) is 0. The molecule has 1 rings (SSSR count). The second-order valence-electron chi connectivity index (χ2n) is 3.90. The SMILES string of the molecule is CN(C)C(=O)CNCc1cccc(C(=O)O)c1. The van der Waals surface area contributed by atoms with Crippen molar-refractivity contribution in [1.82, 2.24) is 10.2 Å². The quantitative estimate of drug-likeness (QED) is 0.784. The fourth-order valence-corrected chi connectivity index (χ4v) is 1.29. The highest BCUT2D eigenvalue weighted by molar-refractivity contribution is 5.87. The molecule has 17 heavy (non-hydrogen) atoms. The Morgan fingerprint density at radius 3 is 2.65 bits per heavy atom. The zero-order chi connectivity index (χ0) is 12.8. The molecule has 0 unspecified atom stereocenters. The first-order chi connectivity index (χ1) is 8.00. The first-order valence-electron chi connectivity index (χ1n) is 5.24. The molecule has 92 valence electrons. The van der Waals surface area contributed by atoms with E-state index in [1.807, 2.05) is 6.07 Å². The van der Waals surface area contributed by atoms with Crippen molar-refractivity contribution < 1.29 is 14.7 Å². The number of rotatable bonds is 5. The highest BCUT2D eigenvalue weighted by Crippen LogP contribution is 2.04. The summed E-state index contributed by atoms with van der Waals surface area (Å²) in [5.41, 5.74) is 1.10. The van der Waals surface area contributed by atoms with Gasteiger partial charge in [0.05, 0.1) is 12.1 Å². The number of hydrogen-bond acceptors (Lipinski definition) is 3. The molecular formula is C12H16N2O3. The van der Waals surface area contributed by atoms with E-state index in [1.165, 1.54) is 11.0 Å². The van der Waals surface area contributed by atoms with Gasteiger partial charge in [0.25, 0.3) is 0 Å². The lowest BCUT2D eigenvalue weighted by Crippen LogP contribution is -2.32. The Kier molecular flexibility index (Phi) is 4.66. The van der Waals surface area contributed by atoms with Crippen molar-refractivity contribution >= 4 is 11.9 Å². The molecule has 0 aliphatic carbocycles. The number of nitrogens with one attached hydrogen (secondary N) is 1. The van der Waals surface area contributed by atoms with Crippen LogP contribution in [-0.2, 0) is 11.3 Å². The number of benzene rings is 1. The van der Waals surface area contributed by atoms with Crippen LogP contribution in [0.2, 0.25) is 0 Å². The van der Waals surface area contributed by atoms with Crippen molar-refractivity contribution in [2.45, 2.75) is 6.54 Å². The zero-order valence-electron chi connectivity index (χ0n) is 9.93. The standard InChI is InChI=1S/C12H16N2O3/c1-14(2)11(15)8-13-7-9-4-3-5-10(6-9)12(16)17/h3-6,13H,7-8H2,1-2H3,(H,16,17). The van der Waals surface area contributed by atoms with E-state index in [-0.39, 0.29) is 18.0 Å². The van der Waals surface area contributed by atoms with Crippen LogP contribution < -0.4 is 5.32 Å². The van der Waals surface area contributed by atoms with Crippen LogP contribution in [0.25, 0.3) is 0 Å². The fraction of sp³-hybridized carbons (Fsp3) is 0.333. The predicted molar refractivity (Wildman–Crippen MR) is 63.8 cm³/mol. The summed E-state index contributed by atoms with van der Waals surface area (Å²) in [6, 6.07) is 6.64. The maximum Gasteiger partial charge on any atom is 0.335 e. The number of carboxylic acids is 1. The Bertz CT molecular complexity index is 416. The average Bonchev–Trinajstić information content (AvgIpc) is 2.29. The molecule has 1 amide bonds. The van der Waals surface area contributed by atoms with Gasteiger partial charge in [-0.25, -0.2) is 4.79 Å². The van der Waals surface area contributed by atoms with Gasteiger partial charge >= 0.3 is 5.97 Å². The van der Waals surface area contributed by atoms with Gasteiger partial charge in [-0.15, -0.1) is 0 Å². The van der Waals surface area contributed by atoms with E-state index in [0.717, 1.165) is 5.56 Å². The van der Waals surface area contributed by atoms with Crippen molar-refractivity contribution in [2.24, 2.45) is 0 Å². The monoisotopic (exact) mass is 236 g/mol. The Hall–Kier alpha value is -1.88. The number of amides is 1. The van der Waals surface area contributed by atoms with E-state index in [0.29, 0.717) is 6.54 Å². The molecule has 1 aromatic rings. The van der Waals surface area contributed by atoms with Gasteiger partial charge in [-0.1, -0.05) is 12.1 Å². The number of carbonyl (C=O) groups excluding carboxylic acids is 1. The van der Waals surface area contributed by atoms with Crippen molar-refractivity contribution in [2.75, 3.05) is 20.6 Å². The largest absolute Gasteiger partial charge is 0.478 e. The molecule has 0 heterocycles. The van der Waals surface area contributed by atoms with E-state index >= 15 is 0 Å². The molecule has 0 fully saturated rings. The van der Waals surface area contributed by atoms with Crippen molar-refractivity contribution in [3.8, 4) is 0 Å². The highest BCUT2D eigenvalue weighted by Gasteiger charge is 2.05. The molecule has 0 aliphatic heterocycles. The lowest BCUT2D eigenvalue weighted by atomic mass is 10.1. The van der Waals surface area contributed by atoms with Crippen LogP contribution in [0.3, 0.4) is 0 Å². The zero-order valence-corrected chi connectivity index (χ0v) is 9.93. The first kappa shape index (κ1) is 13.2. The van der Waals surface area contributed by atoms with E-state index < -0.39 is 5.97 Å². The molecule has 5 nitrogen and oxygen atoms in total. The third kappa shape index (κ3) is 4.24. The summed E-state index contributed by atoms with van der Waals surface area (Å²) < 4.78 is 0. The summed E-state index contributed by atoms with van der Waals surface area (Å²) in [4.78, 5) is 23.5. The van der Waals surface area contributed by atoms with Crippen LogP contribution in [-0.4, -0.2) is 42.5 Å². The summed E-state index contributed by atoms with van der Waals surface area (Å²) in [6.45, 7) is 0.713. The molecule has 0 saturated heterocycles. The third-order valence-electron chi connectivity index (χ3n) is 2.28. The first-order valence-corrected chi connectivity index (χ1v) is 5.24. The second-order valence-corrected chi connectivity index (χ2v) is 3.90. The Balaban J connectivity index is 2.50. The highest BCUT2D eigenvalue weighted by atomic mass is 16.4. The van der Waals surface area contributed by atoms with Gasteiger partial charge in [-0.05, 0) is 17.7 Å². The van der Waals surface area contributed by atoms with Crippen molar-refractivity contribution in [3.63, 3.8) is 0 Å². The maximum absolute atomic E-state index is 11.3. The Morgan fingerprint density at radius 2 is 2.06 bits per heavy atom. The van der Waals surface area contributed by atoms with Crippen LogP contribution >= 0.6 is 0 Å². The number of carbonyl (C=O) groups is 2. The van der Waals surface area contributed by atoms with Gasteiger partial charge in [0.1, 0.15) is 0 Å². The number of aromatic carboxylic acids is 1. The molecule has 0 aliphatic rings. The summed E-state index contributed by atoms with van der Waals surface area (Å²) >= 11 is 0. The summed E-state index contributed by atoms with van der Waals surface area (Å²) in [5, 5.41) is 11.8. The van der Waals surface area contributed by atoms with Gasteiger partial charge in [-0.3, -0.25) is 4.79 Å². The number of hydrogen-bond donors (Lipinski definition) is 2. The fourth-order valence-electron chi connectivity index (χ4n) is 1.29. The summed E-state index contributed by atoms with van der Waals surface area (Å²) in [7, 11) is 3.38. The van der Waals surface area contributed by atoms with Crippen LogP contribution in [0.1, 0.15) is 15.9 Å². The smallest absolute Gasteiger partial charge is 0.335 e. The van der Waals surface area contributed by atoms with Gasteiger partial charge in [0, 0.05) is 20.6 Å². The van der Waals surface area contributed by atoms with E-state index in [2.05, 4.69) is 5.32 Å². The number of nitrogens with zero attached hydrogens (tertiary/aromatic N) is 1. The topological polar surface area (TPSA) is 69.6 Å². The minimum absolute atomic E-state index is 0.0145. The molecule has 2 N–H and O–H groups in total. The van der Waals surface area contributed by atoms with Gasteiger partial charge in [0.2, 0.25) is 5.91 Å². The van der Waals surface area contributed by atoms with Gasteiger partial charge in [-0.2, -0.15) is 0 Å². The molecule has 0 atom stereocenters. The van der Waals surface area contributed by atoms with E-state index in [1.54, 1.807) is 26.2 Å². The normalized spacial score (nSPS) is 10.0. The van der Waals surface area contributed by atoms with Crippen molar-refractivity contribution in [3.05, 3.63) is 35.4 Å². The van der Waals surface area contributed by atoms with Gasteiger partial charge < -0.3 is 15.3 Å². The van der Waals surface area contributed by atoms with Crippen molar-refractivity contribution in [1.29, 1.82) is 0 Å². The van der Waals surface area contributed by atoms with Crippen LogP contribution in [0, 0.1) is 0 Å². The summed E-state index contributed by atoms with van der Waals surface area (Å²) in [5.74, 6) is -0.962. The van der Waals surface area contributed by atoms with Crippen LogP contribution in [0.5, 0.6) is 0 Å². The maximum atomic E-state index is 11.3. The molecule has 0 spiro atoms. The molecule has 5 heteroatoms. The minimum Gasteiger partial charge on any atom is -0.478 e. The molecule has 0 saturated carbocycles. The van der Waals surface area contributed by atoms with Crippen LogP contribution in [0.15, 0.2) is 24.3 Å². The molecule has 0 bridgehead atoms. The number of likely N-dealkylation sites (N-methyl/N-ethyl adjacent to an activating group) is 1. The Labute approximate surface area is 100 Å². The average molecular weight is 236 g/mol. The molecule has 1 aromatic carbocycles. The molecule has 0 radical (unpaired) electrons. The number of carboxylic acid groups (broad SMARTS) is 1. The minimum atomic E-state index is -0.948. The lowest BCUT2D eigenvalue weighted by Gasteiger charge is -2.11.